The van der Waals surface area contributed by atoms with Crippen LogP contribution >= 0.6 is 11.8 Å². The van der Waals surface area contributed by atoms with E-state index in [-0.39, 0.29) is 6.86 Å². The third kappa shape index (κ3) is 4.39. The molecule has 160 valence electrons. The maximum Gasteiger partial charge on any atom is 0.193 e. The predicted octanol–water partition coefficient (Wildman–Crippen LogP) is 6.57. The maximum absolute atomic E-state index is 13.0. The van der Waals surface area contributed by atoms with E-state index in [1.807, 2.05) is 42.5 Å². The van der Waals surface area contributed by atoms with Gasteiger partial charge in [-0.1, -0.05) is 60.7 Å². The summed E-state index contributed by atoms with van der Waals surface area (Å²) in [6, 6.07) is 24.1. The Morgan fingerprint density at radius 2 is 1.78 bits per heavy atom. The van der Waals surface area contributed by atoms with Gasteiger partial charge in [0.2, 0.25) is 0 Å². The van der Waals surface area contributed by atoms with Crippen molar-refractivity contribution in [2.75, 3.05) is 5.32 Å². The summed E-state index contributed by atoms with van der Waals surface area (Å²) >= 11 is 1.67. The van der Waals surface area contributed by atoms with Crippen LogP contribution in [0.5, 0.6) is 0 Å². The van der Waals surface area contributed by atoms with Crippen LogP contribution in [0.3, 0.4) is 0 Å². The molecule has 0 fully saturated rings. The Hall–Kier alpha value is -3.57. The average molecular weight is 440 g/mol. The zero-order valence-electron chi connectivity index (χ0n) is 17.6. The molecule has 0 spiro atoms. The maximum atomic E-state index is 13.0. The van der Waals surface area contributed by atoms with Gasteiger partial charge in [0.15, 0.2) is 5.43 Å². The van der Waals surface area contributed by atoms with Gasteiger partial charge in [0.05, 0.1) is 15.9 Å². The first-order valence-corrected chi connectivity index (χ1v) is 11.7. The van der Waals surface area contributed by atoms with Crippen molar-refractivity contribution in [1.29, 1.82) is 0 Å². The van der Waals surface area contributed by atoms with Gasteiger partial charge in [0, 0.05) is 30.8 Å². The minimum Gasteiger partial charge on any atom is -0.342 e. The summed E-state index contributed by atoms with van der Waals surface area (Å²) in [5.74, 6) is 1.57. The predicted molar refractivity (Wildman–Crippen MR) is 136 cm³/mol. The first-order valence-electron chi connectivity index (χ1n) is 10.7. The molecule has 32 heavy (non-hydrogen) atoms. The van der Waals surface area contributed by atoms with Crippen molar-refractivity contribution in [2.45, 2.75) is 23.6 Å². The molecule has 0 bridgehead atoms. The van der Waals surface area contributed by atoms with Crippen LogP contribution in [0.4, 0.5) is 5.82 Å². The number of fused-ring (bicyclic) bond motifs is 1. The molecule has 2 aromatic carbocycles. The van der Waals surface area contributed by atoms with E-state index in [0.29, 0.717) is 5.39 Å². The van der Waals surface area contributed by atoms with E-state index in [0.717, 1.165) is 46.3 Å². The van der Waals surface area contributed by atoms with Gasteiger partial charge in [-0.2, -0.15) is 0 Å². The van der Waals surface area contributed by atoms with Gasteiger partial charge in [-0.05, 0) is 42.7 Å². The topological polar surface area (TPSA) is 46.9 Å². The summed E-state index contributed by atoms with van der Waals surface area (Å²) < 4.78 is 2.11. The molecule has 0 atom stereocenters. The summed E-state index contributed by atoms with van der Waals surface area (Å²) in [6.07, 6.45) is 10.1. The number of rotatable bonds is 6. The van der Waals surface area contributed by atoms with E-state index in [4.69, 9.17) is 0 Å². The van der Waals surface area contributed by atoms with E-state index < -0.39 is 0 Å². The quantitative estimate of drug-likeness (QED) is 0.345. The van der Waals surface area contributed by atoms with Gasteiger partial charge in [0.1, 0.15) is 5.82 Å². The summed E-state index contributed by atoms with van der Waals surface area (Å²) in [7, 11) is 0. The normalized spacial score (nSPS) is 13.2. The lowest BCUT2D eigenvalue weighted by Gasteiger charge is -2.20. The number of thioether (sulfide) groups is 1. The van der Waals surface area contributed by atoms with Gasteiger partial charge in [-0.3, -0.25) is 9.36 Å². The number of para-hydroxylation sites is 1. The molecule has 0 radical (unpaired) electrons. The fourth-order valence-electron chi connectivity index (χ4n) is 3.81. The lowest BCUT2D eigenvalue weighted by Crippen LogP contribution is -2.14. The number of aromatic nitrogens is 2. The van der Waals surface area contributed by atoms with Crippen LogP contribution in [0.15, 0.2) is 113 Å². The van der Waals surface area contributed by atoms with Gasteiger partial charge in [-0.25, -0.2) is 4.98 Å². The highest BCUT2D eigenvalue weighted by atomic mass is 32.2. The van der Waals surface area contributed by atoms with Crippen LogP contribution in [-0.2, 0) is 5.75 Å². The van der Waals surface area contributed by atoms with Crippen molar-refractivity contribution in [3.05, 3.63) is 119 Å². The Bertz CT molecular complexity index is 1370. The third-order valence-electron chi connectivity index (χ3n) is 5.38. The molecule has 5 heteroatoms. The lowest BCUT2D eigenvalue weighted by molar-refractivity contribution is 1.01. The highest BCUT2D eigenvalue weighted by Gasteiger charge is 2.14. The largest absolute Gasteiger partial charge is 0.342 e. The van der Waals surface area contributed by atoms with E-state index in [1.165, 1.54) is 5.56 Å². The lowest BCUT2D eigenvalue weighted by atomic mass is 10.1. The van der Waals surface area contributed by atoms with Crippen molar-refractivity contribution in [3.63, 3.8) is 0 Å². The van der Waals surface area contributed by atoms with Crippen LogP contribution < -0.4 is 10.7 Å². The molecule has 1 N–H and O–H groups in total. The second kappa shape index (κ2) is 9.28. The number of pyridine rings is 2. The highest BCUT2D eigenvalue weighted by molar-refractivity contribution is 7.98. The minimum atomic E-state index is -0.0396. The third-order valence-corrected chi connectivity index (χ3v) is 6.38. The van der Waals surface area contributed by atoms with Crippen molar-refractivity contribution in [3.8, 4) is 5.69 Å². The molecule has 0 unspecified atom stereocenters. The van der Waals surface area contributed by atoms with Gasteiger partial charge in [-0.15, -0.1) is 11.8 Å². The second-order valence-electron chi connectivity index (χ2n) is 7.64. The molecule has 4 nitrogen and oxygen atoms in total. The van der Waals surface area contributed by atoms with E-state index >= 15 is 0 Å². The van der Waals surface area contributed by atoms with Crippen molar-refractivity contribution in [2.24, 2.45) is 0 Å². The van der Waals surface area contributed by atoms with E-state index in [9.17, 15) is 4.79 Å². The Morgan fingerprint density at radius 3 is 2.53 bits per heavy atom. The molecule has 0 saturated carbocycles. The number of nitrogens with zero attached hydrogens (tertiary/aromatic N) is 2. The number of anilines is 1. The summed E-state index contributed by atoms with van der Waals surface area (Å²) in [5, 5.41) is 4.96. The smallest absolute Gasteiger partial charge is 0.193 e. The standard InChI is InChI=1S/C27H23N3OS.H2/c31-25-17-26(29-21-12-6-2-7-13-21)30(22-14-8-3-9-15-22)24-16-27(28-18-23(24)25)32-19-20-10-4-1-5-11-20;/h1,3-6,8-18,29H,2,7,19H2;1H. The van der Waals surface area contributed by atoms with Crippen LogP contribution in [0.25, 0.3) is 16.6 Å². The zero-order chi connectivity index (χ0) is 21.8. The second-order valence-corrected chi connectivity index (χ2v) is 8.64. The highest BCUT2D eigenvalue weighted by Crippen LogP contribution is 2.28. The molecule has 4 aromatic rings. The van der Waals surface area contributed by atoms with Crippen molar-refractivity contribution in [1.82, 2.24) is 9.55 Å². The Balaban J connectivity index is 0.00000259. The molecule has 2 aromatic heterocycles. The van der Waals surface area contributed by atoms with Crippen molar-refractivity contribution < 1.29 is 1.43 Å². The summed E-state index contributed by atoms with van der Waals surface area (Å²) in [5.41, 5.74) is 4.05. The van der Waals surface area contributed by atoms with Crippen LogP contribution in [0.2, 0.25) is 0 Å². The molecule has 0 aliphatic heterocycles. The molecule has 5 rings (SSSR count). The Morgan fingerprint density at radius 1 is 1.00 bits per heavy atom. The van der Waals surface area contributed by atoms with Crippen LogP contribution in [0.1, 0.15) is 19.8 Å². The first-order chi connectivity index (χ1) is 15.8. The van der Waals surface area contributed by atoms with Crippen molar-refractivity contribution >= 4 is 28.5 Å². The minimum absolute atomic E-state index is 0. The van der Waals surface area contributed by atoms with Crippen LogP contribution in [-0.4, -0.2) is 9.55 Å². The fraction of sp³-hybridized carbons (Fsp3) is 0.111. The molecule has 0 amide bonds. The molecular formula is C27H25N3OS. The molecule has 1 aliphatic carbocycles. The number of nitrogens with one attached hydrogen (secondary N) is 1. The van der Waals surface area contributed by atoms with Gasteiger partial charge >= 0.3 is 0 Å². The first kappa shape index (κ1) is 20.3. The molecule has 1 aliphatic rings. The Kier molecular flexibility index (Phi) is 5.90. The van der Waals surface area contributed by atoms with E-state index in [2.05, 4.69) is 57.4 Å². The average Bonchev–Trinajstić information content (AvgIpc) is 2.85. The zero-order valence-corrected chi connectivity index (χ0v) is 18.4. The molecule has 2 heterocycles. The Labute approximate surface area is 192 Å². The summed E-state index contributed by atoms with van der Waals surface area (Å²) in [6.45, 7) is 0. The van der Waals surface area contributed by atoms with Gasteiger partial charge in [0.25, 0.3) is 0 Å². The van der Waals surface area contributed by atoms with Crippen LogP contribution in [0, 0.1) is 0 Å². The number of hydrogen-bond donors (Lipinski definition) is 1. The van der Waals surface area contributed by atoms with E-state index in [1.54, 1.807) is 24.0 Å². The number of benzene rings is 2. The SMILES string of the molecule is O=c1cc(NC2=CCCC=C2)n(-c2ccccc2)c2cc(SCc3ccccc3)ncc12.[HH]. The number of hydrogen-bond acceptors (Lipinski definition) is 4. The number of allylic oxidation sites excluding steroid dienone is 3. The molecular weight excluding hydrogens is 414 g/mol. The fourth-order valence-corrected chi connectivity index (χ4v) is 4.64. The molecule has 0 saturated heterocycles. The monoisotopic (exact) mass is 439 g/mol. The van der Waals surface area contributed by atoms with Gasteiger partial charge < -0.3 is 5.32 Å². The summed E-state index contributed by atoms with van der Waals surface area (Å²) in [4.78, 5) is 17.5.